The van der Waals surface area contributed by atoms with Crippen molar-refractivity contribution in [1.29, 1.82) is 0 Å². The fourth-order valence-corrected chi connectivity index (χ4v) is 4.85. The van der Waals surface area contributed by atoms with E-state index in [0.29, 0.717) is 11.1 Å². The third-order valence-electron chi connectivity index (χ3n) is 5.61. The molecule has 112 valence electrons. The van der Waals surface area contributed by atoms with Crippen molar-refractivity contribution >= 4 is 0 Å². The van der Waals surface area contributed by atoms with Crippen LogP contribution in [-0.4, -0.2) is 11.1 Å². The van der Waals surface area contributed by atoms with E-state index in [0.717, 1.165) is 0 Å². The van der Waals surface area contributed by atoms with Crippen LogP contribution in [0.3, 0.4) is 0 Å². The van der Waals surface area contributed by atoms with Crippen molar-refractivity contribution in [2.45, 2.75) is 115 Å². The Balaban J connectivity index is 2.07. The van der Waals surface area contributed by atoms with Crippen molar-refractivity contribution < 1.29 is 0 Å². The maximum Gasteiger partial charge on any atom is 0.0186 e. The first kappa shape index (κ1) is 15.4. The number of hydrogen-bond donors (Lipinski definition) is 1. The van der Waals surface area contributed by atoms with Crippen LogP contribution in [0.25, 0.3) is 0 Å². The Morgan fingerprint density at radius 1 is 0.632 bits per heavy atom. The lowest BCUT2D eigenvalue weighted by atomic mass is 9.72. The average molecular weight is 265 g/mol. The Morgan fingerprint density at radius 3 is 1.32 bits per heavy atom. The van der Waals surface area contributed by atoms with Crippen LogP contribution < -0.4 is 5.32 Å². The van der Waals surface area contributed by atoms with Crippen LogP contribution >= 0.6 is 0 Å². The monoisotopic (exact) mass is 265 g/mol. The van der Waals surface area contributed by atoms with Gasteiger partial charge in [0.1, 0.15) is 0 Å². The zero-order valence-electron chi connectivity index (χ0n) is 13.4. The maximum absolute atomic E-state index is 4.29. The molecule has 0 bridgehead atoms. The van der Waals surface area contributed by atoms with E-state index in [4.69, 9.17) is 0 Å². The summed E-state index contributed by atoms with van der Waals surface area (Å²) in [7, 11) is 0. The van der Waals surface area contributed by atoms with Gasteiger partial charge < -0.3 is 5.32 Å². The van der Waals surface area contributed by atoms with Gasteiger partial charge in [0.2, 0.25) is 0 Å². The summed E-state index contributed by atoms with van der Waals surface area (Å²) in [6.45, 7) is 4.73. The number of nitrogens with one attached hydrogen (secondary N) is 1. The highest BCUT2D eigenvalue weighted by Gasteiger charge is 2.40. The Kier molecular flexibility index (Phi) is 5.74. The van der Waals surface area contributed by atoms with E-state index in [9.17, 15) is 0 Å². The summed E-state index contributed by atoms with van der Waals surface area (Å²) in [6, 6.07) is 0. The van der Waals surface area contributed by atoms with Crippen molar-refractivity contribution in [3.63, 3.8) is 0 Å². The van der Waals surface area contributed by atoms with E-state index >= 15 is 0 Å². The lowest BCUT2D eigenvalue weighted by Crippen LogP contribution is -2.59. The van der Waals surface area contributed by atoms with Crippen LogP contribution in [0.1, 0.15) is 104 Å². The van der Waals surface area contributed by atoms with E-state index in [-0.39, 0.29) is 0 Å². The Bertz CT molecular complexity index is 209. The van der Waals surface area contributed by atoms with Crippen molar-refractivity contribution in [3.8, 4) is 0 Å². The summed E-state index contributed by atoms with van der Waals surface area (Å²) in [5.74, 6) is 0. The molecule has 0 spiro atoms. The predicted molar refractivity (Wildman–Crippen MR) is 84.6 cm³/mol. The largest absolute Gasteiger partial charge is 0.306 e. The molecule has 0 aromatic carbocycles. The smallest absolute Gasteiger partial charge is 0.0186 e. The normalized spacial score (nSPS) is 26.2. The summed E-state index contributed by atoms with van der Waals surface area (Å²) < 4.78 is 0. The Hall–Kier alpha value is -0.0400. The van der Waals surface area contributed by atoms with Gasteiger partial charge in [-0.2, -0.15) is 0 Å². The molecule has 0 aromatic rings. The highest BCUT2D eigenvalue weighted by molar-refractivity contribution is 5.00. The zero-order valence-corrected chi connectivity index (χ0v) is 13.4. The molecule has 2 fully saturated rings. The molecule has 0 aromatic heterocycles. The SMILES string of the molecule is CCCC1(NC2(CCC)CCCCC2)CCCCC1. The van der Waals surface area contributed by atoms with E-state index in [1.807, 2.05) is 0 Å². The molecule has 0 unspecified atom stereocenters. The molecule has 0 radical (unpaired) electrons. The van der Waals surface area contributed by atoms with Crippen LogP contribution in [0.15, 0.2) is 0 Å². The van der Waals surface area contributed by atoms with Crippen LogP contribution in [0, 0.1) is 0 Å². The summed E-state index contributed by atoms with van der Waals surface area (Å²) in [4.78, 5) is 0. The molecule has 2 rings (SSSR count). The van der Waals surface area contributed by atoms with Crippen LogP contribution in [0.5, 0.6) is 0 Å². The number of rotatable bonds is 6. The number of hydrogen-bond acceptors (Lipinski definition) is 1. The molecular weight excluding hydrogens is 230 g/mol. The predicted octanol–water partition coefficient (Wildman–Crippen LogP) is 5.58. The molecule has 19 heavy (non-hydrogen) atoms. The average Bonchev–Trinajstić information content (AvgIpc) is 2.41. The molecule has 2 aliphatic rings. The first-order valence-electron chi connectivity index (χ1n) is 9.04. The van der Waals surface area contributed by atoms with Gasteiger partial charge in [0, 0.05) is 11.1 Å². The van der Waals surface area contributed by atoms with Crippen LogP contribution in [0.4, 0.5) is 0 Å². The van der Waals surface area contributed by atoms with Gasteiger partial charge in [-0.15, -0.1) is 0 Å². The summed E-state index contributed by atoms with van der Waals surface area (Å²) in [5.41, 5.74) is 0.999. The van der Waals surface area contributed by atoms with E-state index in [2.05, 4.69) is 19.2 Å². The molecule has 0 heterocycles. The van der Waals surface area contributed by atoms with Gasteiger partial charge in [0.05, 0.1) is 0 Å². The zero-order chi connectivity index (χ0) is 13.6. The summed E-state index contributed by atoms with van der Waals surface area (Å²) in [6.07, 6.45) is 20.0. The molecule has 2 aliphatic carbocycles. The van der Waals surface area contributed by atoms with E-state index < -0.39 is 0 Å². The minimum atomic E-state index is 0.500. The molecule has 0 atom stereocenters. The lowest BCUT2D eigenvalue weighted by Gasteiger charge is -2.49. The minimum absolute atomic E-state index is 0.500. The van der Waals surface area contributed by atoms with Gasteiger partial charge in [0.15, 0.2) is 0 Å². The lowest BCUT2D eigenvalue weighted by molar-refractivity contribution is 0.104. The maximum atomic E-state index is 4.29. The van der Waals surface area contributed by atoms with Crippen molar-refractivity contribution in [2.24, 2.45) is 0 Å². The molecular formula is C18H35N. The topological polar surface area (TPSA) is 12.0 Å². The second-order valence-corrected chi connectivity index (χ2v) is 7.31. The highest BCUT2D eigenvalue weighted by atomic mass is 15.1. The van der Waals surface area contributed by atoms with Crippen LogP contribution in [-0.2, 0) is 0 Å². The van der Waals surface area contributed by atoms with Gasteiger partial charge in [-0.1, -0.05) is 65.2 Å². The molecule has 1 heteroatoms. The third kappa shape index (κ3) is 3.97. The summed E-state index contributed by atoms with van der Waals surface area (Å²) in [5, 5.41) is 4.29. The molecule has 2 saturated carbocycles. The first-order valence-corrected chi connectivity index (χ1v) is 9.04. The second kappa shape index (κ2) is 7.11. The van der Waals surface area contributed by atoms with Crippen molar-refractivity contribution in [2.75, 3.05) is 0 Å². The minimum Gasteiger partial charge on any atom is -0.306 e. The van der Waals surface area contributed by atoms with E-state index in [1.54, 1.807) is 0 Å². The molecule has 1 nitrogen and oxygen atoms in total. The van der Waals surface area contributed by atoms with Crippen LogP contribution in [0.2, 0.25) is 0 Å². The molecule has 0 saturated heterocycles. The quantitative estimate of drug-likeness (QED) is 0.661. The Labute approximate surface area is 120 Å². The Morgan fingerprint density at radius 2 is 1.00 bits per heavy atom. The van der Waals surface area contributed by atoms with Gasteiger partial charge >= 0.3 is 0 Å². The molecule has 0 aliphatic heterocycles. The van der Waals surface area contributed by atoms with Gasteiger partial charge in [-0.25, -0.2) is 0 Å². The third-order valence-corrected chi connectivity index (χ3v) is 5.61. The molecule has 0 amide bonds. The highest BCUT2D eigenvalue weighted by Crippen LogP contribution is 2.39. The fourth-order valence-electron chi connectivity index (χ4n) is 4.85. The first-order chi connectivity index (χ1) is 9.24. The fraction of sp³-hybridized carbons (Fsp3) is 1.00. The second-order valence-electron chi connectivity index (χ2n) is 7.31. The summed E-state index contributed by atoms with van der Waals surface area (Å²) >= 11 is 0. The molecule has 1 N–H and O–H groups in total. The van der Waals surface area contributed by atoms with Crippen molar-refractivity contribution in [1.82, 2.24) is 5.32 Å². The van der Waals surface area contributed by atoms with Gasteiger partial charge in [0.25, 0.3) is 0 Å². The van der Waals surface area contributed by atoms with Crippen molar-refractivity contribution in [3.05, 3.63) is 0 Å². The van der Waals surface area contributed by atoms with Gasteiger partial charge in [-0.05, 0) is 38.5 Å². The standard InChI is InChI=1S/C18H35N/c1-3-11-17(13-7-5-8-14-17)19-18(12-4-2)15-9-6-10-16-18/h19H,3-16H2,1-2H3. The van der Waals surface area contributed by atoms with Gasteiger partial charge in [-0.3, -0.25) is 0 Å². The van der Waals surface area contributed by atoms with E-state index in [1.165, 1.54) is 89.9 Å².